The predicted molar refractivity (Wildman–Crippen MR) is 50.6 cm³/mol. The molecule has 2 aromatic carbocycles. The van der Waals surface area contributed by atoms with Crippen LogP contribution in [-0.2, 0) is 0 Å². The molecule has 0 N–H and O–H groups in total. The van der Waals surface area contributed by atoms with E-state index in [-0.39, 0.29) is 5.69 Å². The molecular formula is C10H6FNO2. The minimum Gasteiger partial charge on any atom is -0.258 e. The maximum absolute atomic E-state index is 13.0. The molecule has 3 nitrogen and oxygen atoms in total. The molecule has 4 heteroatoms. The van der Waals surface area contributed by atoms with Crippen LogP contribution in [0.25, 0.3) is 10.8 Å². The highest BCUT2D eigenvalue weighted by atomic mass is 19.1. The number of rotatable bonds is 1. The van der Waals surface area contributed by atoms with Crippen LogP contribution in [0.5, 0.6) is 0 Å². The van der Waals surface area contributed by atoms with Crippen molar-refractivity contribution >= 4 is 16.5 Å². The van der Waals surface area contributed by atoms with Gasteiger partial charge in [0.1, 0.15) is 5.82 Å². The lowest BCUT2D eigenvalue weighted by Crippen LogP contribution is -1.90. The van der Waals surface area contributed by atoms with Gasteiger partial charge in [0.25, 0.3) is 5.69 Å². The summed E-state index contributed by atoms with van der Waals surface area (Å²) in [5.74, 6) is -0.588. The van der Waals surface area contributed by atoms with Gasteiger partial charge in [-0.1, -0.05) is 18.2 Å². The summed E-state index contributed by atoms with van der Waals surface area (Å²) in [4.78, 5) is 10.0. The second-order valence-corrected chi connectivity index (χ2v) is 2.90. The number of benzene rings is 2. The Morgan fingerprint density at radius 1 is 1.21 bits per heavy atom. The number of halogens is 1. The van der Waals surface area contributed by atoms with E-state index in [0.29, 0.717) is 10.8 Å². The minimum atomic E-state index is -0.588. The molecule has 0 spiro atoms. The molecule has 14 heavy (non-hydrogen) atoms. The molecule has 0 radical (unpaired) electrons. The molecule has 0 saturated heterocycles. The van der Waals surface area contributed by atoms with Crippen molar-refractivity contribution in [3.63, 3.8) is 0 Å². The van der Waals surface area contributed by atoms with E-state index >= 15 is 0 Å². The molecule has 0 unspecified atom stereocenters. The third-order valence-electron chi connectivity index (χ3n) is 2.00. The molecule has 70 valence electrons. The van der Waals surface area contributed by atoms with Gasteiger partial charge < -0.3 is 0 Å². The van der Waals surface area contributed by atoms with Crippen molar-refractivity contribution < 1.29 is 9.31 Å². The molecule has 2 rings (SSSR count). The average molecular weight is 191 g/mol. The second-order valence-electron chi connectivity index (χ2n) is 2.90. The van der Waals surface area contributed by atoms with Crippen molar-refractivity contribution in [3.05, 3.63) is 52.3 Å². The number of nitro groups is 1. The molecule has 0 heterocycles. The molecule has 0 saturated carbocycles. The molecule has 0 aliphatic heterocycles. The predicted octanol–water partition coefficient (Wildman–Crippen LogP) is 2.89. The van der Waals surface area contributed by atoms with Crippen LogP contribution in [0, 0.1) is 15.9 Å². The van der Waals surface area contributed by atoms with Gasteiger partial charge in [-0.25, -0.2) is 4.39 Å². The van der Waals surface area contributed by atoms with Crippen LogP contribution in [0.3, 0.4) is 0 Å². The molecule has 2 aromatic rings. The summed E-state index contributed by atoms with van der Waals surface area (Å²) >= 11 is 0. The van der Waals surface area contributed by atoms with Crippen LogP contribution in [0.2, 0.25) is 0 Å². The quantitative estimate of drug-likeness (QED) is 0.513. The lowest BCUT2D eigenvalue weighted by Gasteiger charge is -1.98. The van der Waals surface area contributed by atoms with Gasteiger partial charge >= 0.3 is 0 Å². The summed E-state index contributed by atoms with van der Waals surface area (Å²) in [6.45, 7) is 0. The normalized spacial score (nSPS) is 10.4. The standard InChI is InChI=1S/C10H6FNO2/c11-8-5-7-3-1-2-4-9(7)10(6-8)12(13)14/h1-6H. The van der Waals surface area contributed by atoms with E-state index in [9.17, 15) is 14.5 Å². The highest BCUT2D eigenvalue weighted by Crippen LogP contribution is 2.26. The number of nitrogens with zero attached hydrogens (tertiary/aromatic N) is 1. The van der Waals surface area contributed by atoms with Crippen molar-refractivity contribution in [2.24, 2.45) is 0 Å². The average Bonchev–Trinajstić information content (AvgIpc) is 2.16. The smallest absolute Gasteiger partial charge is 0.258 e. The topological polar surface area (TPSA) is 43.1 Å². The van der Waals surface area contributed by atoms with Gasteiger partial charge in [-0.2, -0.15) is 0 Å². The van der Waals surface area contributed by atoms with Gasteiger partial charge in [-0.05, 0) is 17.5 Å². The Morgan fingerprint density at radius 2 is 1.93 bits per heavy atom. The fourth-order valence-electron chi connectivity index (χ4n) is 1.41. The van der Waals surface area contributed by atoms with E-state index in [0.717, 1.165) is 6.07 Å². The van der Waals surface area contributed by atoms with Crippen molar-refractivity contribution in [3.8, 4) is 0 Å². The van der Waals surface area contributed by atoms with Gasteiger partial charge in [0.15, 0.2) is 0 Å². The van der Waals surface area contributed by atoms with Crippen LogP contribution < -0.4 is 0 Å². The Bertz CT molecular complexity index is 510. The summed E-state index contributed by atoms with van der Waals surface area (Å²) in [6, 6.07) is 8.86. The largest absolute Gasteiger partial charge is 0.280 e. The summed E-state index contributed by atoms with van der Waals surface area (Å²) in [7, 11) is 0. The van der Waals surface area contributed by atoms with E-state index in [1.54, 1.807) is 24.3 Å². The van der Waals surface area contributed by atoms with Gasteiger partial charge in [0.2, 0.25) is 0 Å². The van der Waals surface area contributed by atoms with E-state index in [4.69, 9.17) is 0 Å². The molecule has 0 bridgehead atoms. The lowest BCUT2D eigenvalue weighted by atomic mass is 10.1. The van der Waals surface area contributed by atoms with Crippen LogP contribution in [-0.4, -0.2) is 4.92 Å². The van der Waals surface area contributed by atoms with E-state index < -0.39 is 10.7 Å². The molecule has 0 amide bonds. The third kappa shape index (κ3) is 1.31. The molecule has 0 aromatic heterocycles. The van der Waals surface area contributed by atoms with Gasteiger partial charge in [-0.3, -0.25) is 10.1 Å². The summed E-state index contributed by atoms with van der Waals surface area (Å²) < 4.78 is 13.0. The van der Waals surface area contributed by atoms with Crippen LogP contribution in [0.4, 0.5) is 10.1 Å². The highest BCUT2D eigenvalue weighted by molar-refractivity contribution is 5.90. The van der Waals surface area contributed by atoms with Gasteiger partial charge in [0, 0.05) is 0 Å². The zero-order chi connectivity index (χ0) is 10.1. The van der Waals surface area contributed by atoms with Crippen molar-refractivity contribution in [1.29, 1.82) is 0 Å². The van der Waals surface area contributed by atoms with Crippen molar-refractivity contribution in [1.82, 2.24) is 0 Å². The molecule has 0 aliphatic rings. The summed E-state index contributed by atoms with van der Waals surface area (Å²) in [5, 5.41) is 11.6. The number of nitro benzene ring substituents is 1. The van der Waals surface area contributed by atoms with Gasteiger partial charge in [0.05, 0.1) is 16.4 Å². The zero-order valence-corrected chi connectivity index (χ0v) is 7.11. The SMILES string of the molecule is O=[N+]([O-])c1cc(F)cc2ccccc12. The monoisotopic (exact) mass is 191 g/mol. The van der Waals surface area contributed by atoms with Crippen LogP contribution in [0.15, 0.2) is 36.4 Å². The Kier molecular flexibility index (Phi) is 1.89. The summed E-state index contributed by atoms with van der Waals surface area (Å²) in [6.07, 6.45) is 0. The first kappa shape index (κ1) is 8.62. The molecule has 0 aliphatic carbocycles. The maximum atomic E-state index is 13.0. The maximum Gasteiger partial charge on any atom is 0.280 e. The number of non-ortho nitro benzene ring substituents is 1. The fourth-order valence-corrected chi connectivity index (χ4v) is 1.41. The Hall–Kier alpha value is -1.97. The molecule has 0 fully saturated rings. The first-order chi connectivity index (χ1) is 6.68. The van der Waals surface area contributed by atoms with E-state index in [2.05, 4.69) is 0 Å². The summed E-state index contributed by atoms with van der Waals surface area (Å²) in [5.41, 5.74) is -0.194. The lowest BCUT2D eigenvalue weighted by molar-refractivity contribution is -0.383. The number of fused-ring (bicyclic) bond motifs is 1. The van der Waals surface area contributed by atoms with Crippen LogP contribution in [0.1, 0.15) is 0 Å². The fraction of sp³-hybridized carbons (Fsp3) is 0. The number of hydrogen-bond donors (Lipinski definition) is 0. The second kappa shape index (κ2) is 3.06. The van der Waals surface area contributed by atoms with Gasteiger partial charge in [-0.15, -0.1) is 0 Å². The first-order valence-corrected chi connectivity index (χ1v) is 4.01. The minimum absolute atomic E-state index is 0.194. The van der Waals surface area contributed by atoms with E-state index in [1.165, 1.54) is 6.07 Å². The molecular weight excluding hydrogens is 185 g/mol. The Balaban J connectivity index is 2.87. The molecule has 0 atom stereocenters. The third-order valence-corrected chi connectivity index (χ3v) is 2.00. The van der Waals surface area contributed by atoms with Crippen molar-refractivity contribution in [2.45, 2.75) is 0 Å². The Labute approximate surface area is 78.9 Å². The first-order valence-electron chi connectivity index (χ1n) is 4.01. The van der Waals surface area contributed by atoms with Crippen LogP contribution >= 0.6 is 0 Å². The number of hydrogen-bond acceptors (Lipinski definition) is 2. The zero-order valence-electron chi connectivity index (χ0n) is 7.11. The highest BCUT2D eigenvalue weighted by Gasteiger charge is 2.12. The Morgan fingerprint density at radius 3 is 2.64 bits per heavy atom. The van der Waals surface area contributed by atoms with Crippen molar-refractivity contribution in [2.75, 3.05) is 0 Å². The van der Waals surface area contributed by atoms with E-state index in [1.807, 2.05) is 0 Å².